The van der Waals surface area contributed by atoms with Crippen molar-refractivity contribution in [1.29, 1.82) is 0 Å². The number of ether oxygens (including phenoxy) is 4. The summed E-state index contributed by atoms with van der Waals surface area (Å²) in [6.07, 6.45) is 0. The lowest BCUT2D eigenvalue weighted by Crippen LogP contribution is -2.40. The molecular formula is C26H29BrN2O7S. The van der Waals surface area contributed by atoms with Crippen molar-refractivity contribution in [1.82, 2.24) is 5.32 Å². The van der Waals surface area contributed by atoms with Gasteiger partial charge in [0.1, 0.15) is 12.3 Å². The Kier molecular flexibility index (Phi) is 9.28. The van der Waals surface area contributed by atoms with Gasteiger partial charge < -0.3 is 24.3 Å². The third kappa shape index (κ3) is 6.28. The Morgan fingerprint density at radius 2 is 1.49 bits per heavy atom. The lowest BCUT2D eigenvalue weighted by Gasteiger charge is -2.24. The first-order chi connectivity index (χ1) is 17.7. The second kappa shape index (κ2) is 12.2. The zero-order valence-corrected chi connectivity index (χ0v) is 23.6. The van der Waals surface area contributed by atoms with Crippen LogP contribution >= 0.6 is 15.9 Å². The fraction of sp³-hybridized carbons (Fsp3) is 0.269. The number of hydrogen-bond donors (Lipinski definition) is 1. The summed E-state index contributed by atoms with van der Waals surface area (Å²) in [5.74, 6) is 1.27. The van der Waals surface area contributed by atoms with E-state index in [9.17, 15) is 13.2 Å². The van der Waals surface area contributed by atoms with Crippen molar-refractivity contribution in [3.8, 4) is 23.0 Å². The van der Waals surface area contributed by atoms with Gasteiger partial charge in [0.25, 0.3) is 10.0 Å². The largest absolute Gasteiger partial charge is 0.496 e. The molecule has 0 bridgehead atoms. The Labute approximate surface area is 225 Å². The van der Waals surface area contributed by atoms with Crippen LogP contribution in [0.25, 0.3) is 0 Å². The fourth-order valence-electron chi connectivity index (χ4n) is 3.64. The molecule has 3 aromatic carbocycles. The number of sulfonamides is 1. The number of aryl methyl sites for hydroxylation is 1. The van der Waals surface area contributed by atoms with E-state index in [-0.39, 0.29) is 11.4 Å². The Bertz CT molecular complexity index is 1360. The Hall–Kier alpha value is -3.44. The quantitative estimate of drug-likeness (QED) is 0.354. The van der Waals surface area contributed by atoms with Crippen molar-refractivity contribution in [3.05, 3.63) is 70.2 Å². The van der Waals surface area contributed by atoms with Gasteiger partial charge in [0.2, 0.25) is 11.7 Å². The number of carbonyl (C=O) groups excluding carboxylic acids is 1. The standard InChI is InChI=1S/C26H29BrN2O7S/c1-17-6-9-19(10-7-17)29(37(31,32)20-11-13-22(33-2)21(27)14-20)16-24(30)28-15-18-8-12-23(34-3)26(36-5)25(18)35-4/h6-14H,15-16H2,1-5H3,(H,28,30). The van der Waals surface area contributed by atoms with Gasteiger partial charge in [-0.2, -0.15) is 0 Å². The lowest BCUT2D eigenvalue weighted by atomic mass is 10.1. The molecule has 9 nitrogen and oxygen atoms in total. The summed E-state index contributed by atoms with van der Waals surface area (Å²) in [4.78, 5) is 13.1. The molecule has 0 fully saturated rings. The predicted molar refractivity (Wildman–Crippen MR) is 144 cm³/mol. The summed E-state index contributed by atoms with van der Waals surface area (Å²) >= 11 is 3.33. The van der Waals surface area contributed by atoms with E-state index in [1.165, 1.54) is 40.6 Å². The normalized spacial score (nSPS) is 11.0. The van der Waals surface area contributed by atoms with Crippen LogP contribution in [-0.2, 0) is 21.4 Å². The predicted octanol–water partition coefficient (Wildman–Crippen LogP) is 4.30. The van der Waals surface area contributed by atoms with Crippen LogP contribution in [0.2, 0.25) is 0 Å². The summed E-state index contributed by atoms with van der Waals surface area (Å²) in [7, 11) is 1.88. The Balaban J connectivity index is 1.90. The van der Waals surface area contributed by atoms with E-state index in [4.69, 9.17) is 18.9 Å². The number of benzene rings is 3. The number of nitrogens with zero attached hydrogens (tertiary/aromatic N) is 1. The van der Waals surface area contributed by atoms with Crippen molar-refractivity contribution in [2.45, 2.75) is 18.4 Å². The van der Waals surface area contributed by atoms with Crippen LogP contribution in [0.5, 0.6) is 23.0 Å². The minimum absolute atomic E-state index is 0.00936. The molecule has 1 N–H and O–H groups in total. The first-order valence-electron chi connectivity index (χ1n) is 11.1. The lowest BCUT2D eigenvalue weighted by molar-refractivity contribution is -0.119. The summed E-state index contributed by atoms with van der Waals surface area (Å²) in [6.45, 7) is 1.54. The average Bonchev–Trinajstić information content (AvgIpc) is 2.90. The number of hydrogen-bond acceptors (Lipinski definition) is 7. The molecule has 3 aromatic rings. The van der Waals surface area contributed by atoms with E-state index in [0.717, 1.165) is 9.87 Å². The van der Waals surface area contributed by atoms with Gasteiger partial charge in [-0.05, 0) is 65.3 Å². The number of nitrogens with one attached hydrogen (secondary N) is 1. The summed E-state index contributed by atoms with van der Waals surface area (Å²) in [6, 6.07) is 14.8. The number of methoxy groups -OCH3 is 4. The second-order valence-corrected chi connectivity index (χ2v) is 10.6. The van der Waals surface area contributed by atoms with Gasteiger partial charge in [0, 0.05) is 12.1 Å². The zero-order valence-electron chi connectivity index (χ0n) is 21.2. The van der Waals surface area contributed by atoms with E-state index >= 15 is 0 Å². The number of halogens is 1. The van der Waals surface area contributed by atoms with E-state index in [0.29, 0.717) is 38.7 Å². The number of anilines is 1. The molecule has 198 valence electrons. The van der Waals surface area contributed by atoms with Gasteiger partial charge in [-0.15, -0.1) is 0 Å². The van der Waals surface area contributed by atoms with Crippen molar-refractivity contribution in [2.75, 3.05) is 39.3 Å². The van der Waals surface area contributed by atoms with Crippen LogP contribution in [0, 0.1) is 6.92 Å². The van der Waals surface area contributed by atoms with Crippen molar-refractivity contribution in [2.24, 2.45) is 0 Å². The number of amides is 1. The highest BCUT2D eigenvalue weighted by Gasteiger charge is 2.28. The van der Waals surface area contributed by atoms with Gasteiger partial charge in [-0.3, -0.25) is 9.10 Å². The summed E-state index contributed by atoms with van der Waals surface area (Å²) in [5, 5.41) is 2.78. The molecule has 37 heavy (non-hydrogen) atoms. The van der Waals surface area contributed by atoms with Crippen LogP contribution in [-0.4, -0.2) is 49.3 Å². The van der Waals surface area contributed by atoms with Gasteiger partial charge in [0.15, 0.2) is 11.5 Å². The average molecular weight is 593 g/mol. The molecule has 0 saturated carbocycles. The van der Waals surface area contributed by atoms with Crippen LogP contribution < -0.4 is 28.6 Å². The molecule has 0 heterocycles. The smallest absolute Gasteiger partial charge is 0.264 e. The molecule has 1 amide bonds. The Morgan fingerprint density at radius 3 is 2.05 bits per heavy atom. The third-order valence-electron chi connectivity index (χ3n) is 5.58. The number of rotatable bonds is 11. The van der Waals surface area contributed by atoms with Gasteiger partial charge >= 0.3 is 0 Å². The molecule has 0 aromatic heterocycles. The summed E-state index contributed by atoms with van der Waals surface area (Å²) < 4.78 is 50.3. The molecule has 0 aliphatic heterocycles. The molecule has 0 unspecified atom stereocenters. The zero-order chi connectivity index (χ0) is 27.2. The minimum Gasteiger partial charge on any atom is -0.496 e. The van der Waals surface area contributed by atoms with E-state index < -0.39 is 22.5 Å². The number of carbonyl (C=O) groups is 1. The first kappa shape index (κ1) is 28.1. The molecule has 0 radical (unpaired) electrons. The second-order valence-electron chi connectivity index (χ2n) is 7.91. The van der Waals surface area contributed by atoms with Crippen LogP contribution in [0.4, 0.5) is 5.69 Å². The molecule has 0 spiro atoms. The van der Waals surface area contributed by atoms with Gasteiger partial charge in [-0.1, -0.05) is 17.7 Å². The SMILES string of the molecule is COc1ccc(S(=O)(=O)N(CC(=O)NCc2ccc(OC)c(OC)c2OC)c2ccc(C)cc2)cc1Br. The molecule has 0 aliphatic rings. The van der Waals surface area contributed by atoms with Crippen molar-refractivity contribution < 1.29 is 32.2 Å². The third-order valence-corrected chi connectivity index (χ3v) is 7.97. The van der Waals surface area contributed by atoms with Crippen LogP contribution in [0.3, 0.4) is 0 Å². The van der Waals surface area contributed by atoms with Crippen molar-refractivity contribution >= 4 is 37.5 Å². The molecule has 3 rings (SSSR count). The molecule has 0 aliphatic carbocycles. The van der Waals surface area contributed by atoms with Gasteiger partial charge in [0.05, 0.1) is 43.5 Å². The highest BCUT2D eigenvalue weighted by Crippen LogP contribution is 2.39. The highest BCUT2D eigenvalue weighted by molar-refractivity contribution is 9.10. The maximum atomic E-state index is 13.7. The van der Waals surface area contributed by atoms with Crippen LogP contribution in [0.15, 0.2) is 64.0 Å². The summed E-state index contributed by atoms with van der Waals surface area (Å²) in [5.41, 5.74) is 1.95. The maximum absolute atomic E-state index is 13.7. The fourth-order valence-corrected chi connectivity index (χ4v) is 5.78. The maximum Gasteiger partial charge on any atom is 0.264 e. The van der Waals surface area contributed by atoms with Crippen molar-refractivity contribution in [3.63, 3.8) is 0 Å². The highest BCUT2D eigenvalue weighted by atomic mass is 79.9. The van der Waals surface area contributed by atoms with E-state index in [2.05, 4.69) is 21.2 Å². The van der Waals surface area contributed by atoms with Gasteiger partial charge in [-0.25, -0.2) is 8.42 Å². The minimum atomic E-state index is -4.10. The molecule has 11 heteroatoms. The first-order valence-corrected chi connectivity index (χ1v) is 13.4. The monoisotopic (exact) mass is 592 g/mol. The van der Waals surface area contributed by atoms with E-state index in [1.807, 2.05) is 6.92 Å². The molecule has 0 saturated heterocycles. The molecular weight excluding hydrogens is 564 g/mol. The topological polar surface area (TPSA) is 103 Å². The van der Waals surface area contributed by atoms with Crippen LogP contribution in [0.1, 0.15) is 11.1 Å². The Morgan fingerprint density at radius 1 is 0.865 bits per heavy atom. The molecule has 0 atom stereocenters. The van der Waals surface area contributed by atoms with E-state index in [1.54, 1.807) is 42.5 Å².